The number of nitrogens with zero attached hydrogens (tertiary/aromatic N) is 6. The number of carbonyl (C=O) groups excluding carboxylic acids is 1. The van der Waals surface area contributed by atoms with Gasteiger partial charge in [0, 0.05) is 13.1 Å². The Kier molecular flexibility index (Phi) is 5.12. The first-order chi connectivity index (χ1) is 12.0. The fourth-order valence-corrected chi connectivity index (χ4v) is 3.26. The molecule has 1 amide bonds. The van der Waals surface area contributed by atoms with Crippen LogP contribution in [-0.4, -0.2) is 41.7 Å². The van der Waals surface area contributed by atoms with Crippen LogP contribution in [0, 0.1) is 5.92 Å². The smallest absolute Gasteiger partial charge is 0.274 e. The Labute approximate surface area is 147 Å². The van der Waals surface area contributed by atoms with Crippen LogP contribution >= 0.6 is 0 Å². The second kappa shape index (κ2) is 7.30. The average Bonchev–Trinajstić information content (AvgIpc) is 3.22. The number of aryl methyl sites for hydroxylation is 1. The van der Waals surface area contributed by atoms with Crippen molar-refractivity contribution >= 4 is 5.91 Å². The molecule has 25 heavy (non-hydrogen) atoms. The van der Waals surface area contributed by atoms with E-state index in [-0.39, 0.29) is 30.0 Å². The van der Waals surface area contributed by atoms with Crippen LogP contribution in [0.3, 0.4) is 0 Å². The topological polar surface area (TPSA) is 117 Å². The molecule has 1 fully saturated rings. The Morgan fingerprint density at radius 1 is 1.32 bits per heavy atom. The van der Waals surface area contributed by atoms with Gasteiger partial charge in [0.2, 0.25) is 0 Å². The lowest BCUT2D eigenvalue weighted by atomic mass is 9.92. The third-order valence-electron chi connectivity index (χ3n) is 4.84. The zero-order valence-electron chi connectivity index (χ0n) is 15.0. The number of hydrogen-bond acceptors (Lipinski definition) is 6. The average molecular weight is 346 g/mol. The maximum atomic E-state index is 12.6. The summed E-state index contributed by atoms with van der Waals surface area (Å²) in [4.78, 5) is 16.9. The normalized spacial score (nSPS) is 22.1. The van der Waals surface area contributed by atoms with E-state index >= 15 is 0 Å². The minimum atomic E-state index is -0.250. The zero-order valence-corrected chi connectivity index (χ0v) is 15.0. The highest BCUT2D eigenvalue weighted by Gasteiger charge is 2.26. The second-order valence-electron chi connectivity index (χ2n) is 7.09. The van der Waals surface area contributed by atoms with Gasteiger partial charge in [-0.15, -0.1) is 5.10 Å². The molecular weight excluding hydrogens is 320 g/mol. The van der Waals surface area contributed by atoms with Crippen molar-refractivity contribution in [2.24, 2.45) is 18.7 Å². The number of rotatable bonds is 5. The van der Waals surface area contributed by atoms with Crippen molar-refractivity contribution in [3.05, 3.63) is 24.0 Å². The summed E-state index contributed by atoms with van der Waals surface area (Å²) in [5.74, 6) is 0.638. The van der Waals surface area contributed by atoms with Gasteiger partial charge in [-0.05, 0) is 31.6 Å². The number of nitrogens with two attached hydrogens (primary N) is 1. The Balaban J connectivity index is 1.69. The van der Waals surface area contributed by atoms with E-state index in [1.54, 1.807) is 15.6 Å². The van der Waals surface area contributed by atoms with E-state index in [0.717, 1.165) is 31.5 Å². The molecular formula is C16H26N8O. The molecule has 9 nitrogen and oxygen atoms in total. The quantitative estimate of drug-likeness (QED) is 0.833. The van der Waals surface area contributed by atoms with Crippen LogP contribution in [0.15, 0.2) is 12.5 Å². The third kappa shape index (κ3) is 3.87. The standard InChI is InChI=1S/C16H26N8O/c1-10(2)14(15-18-9-19-23(15)3)20-16(25)13-8-24(22-21-13)12-6-4-11(17)5-7-12/h8-12,14H,4-7,17H2,1-3H3,(H,20,25). The molecule has 1 unspecified atom stereocenters. The number of amides is 1. The summed E-state index contributed by atoms with van der Waals surface area (Å²) in [5, 5.41) is 15.3. The number of nitrogens with one attached hydrogen (secondary N) is 1. The molecule has 2 heterocycles. The molecule has 0 aromatic carbocycles. The van der Waals surface area contributed by atoms with Crippen LogP contribution in [-0.2, 0) is 7.05 Å². The SMILES string of the molecule is CC(C)C(NC(=O)c1cn(C2CCC(N)CC2)nn1)c1ncnn1C. The van der Waals surface area contributed by atoms with E-state index < -0.39 is 0 Å². The summed E-state index contributed by atoms with van der Waals surface area (Å²) in [6, 6.07) is 0.312. The molecule has 0 bridgehead atoms. The second-order valence-corrected chi connectivity index (χ2v) is 7.09. The van der Waals surface area contributed by atoms with Gasteiger partial charge in [-0.1, -0.05) is 19.1 Å². The van der Waals surface area contributed by atoms with Crippen LogP contribution in [0.2, 0.25) is 0 Å². The molecule has 0 spiro atoms. The van der Waals surface area contributed by atoms with Crippen LogP contribution in [0.25, 0.3) is 0 Å². The van der Waals surface area contributed by atoms with E-state index in [0.29, 0.717) is 5.69 Å². The van der Waals surface area contributed by atoms with Crippen LogP contribution in [0.4, 0.5) is 0 Å². The summed E-state index contributed by atoms with van der Waals surface area (Å²) in [5.41, 5.74) is 6.27. The Morgan fingerprint density at radius 2 is 2.04 bits per heavy atom. The van der Waals surface area contributed by atoms with E-state index in [1.165, 1.54) is 6.33 Å². The first-order valence-electron chi connectivity index (χ1n) is 8.78. The van der Waals surface area contributed by atoms with Gasteiger partial charge in [-0.3, -0.25) is 9.48 Å². The van der Waals surface area contributed by atoms with Crippen molar-refractivity contribution < 1.29 is 4.79 Å². The number of aromatic nitrogens is 6. The molecule has 0 saturated heterocycles. The van der Waals surface area contributed by atoms with Gasteiger partial charge in [0.15, 0.2) is 5.69 Å². The van der Waals surface area contributed by atoms with Crippen molar-refractivity contribution in [2.45, 2.75) is 57.7 Å². The molecule has 0 aliphatic heterocycles. The summed E-state index contributed by atoms with van der Waals surface area (Å²) >= 11 is 0. The maximum absolute atomic E-state index is 12.6. The number of carbonyl (C=O) groups is 1. The predicted octanol–water partition coefficient (Wildman–Crippen LogP) is 0.976. The predicted molar refractivity (Wildman–Crippen MR) is 91.6 cm³/mol. The molecule has 9 heteroatoms. The molecule has 2 aromatic rings. The monoisotopic (exact) mass is 346 g/mol. The highest BCUT2D eigenvalue weighted by atomic mass is 16.2. The Bertz CT molecular complexity index is 713. The minimum absolute atomic E-state index is 0.168. The molecule has 3 rings (SSSR count). The first-order valence-corrected chi connectivity index (χ1v) is 8.78. The van der Waals surface area contributed by atoms with Crippen LogP contribution < -0.4 is 11.1 Å². The van der Waals surface area contributed by atoms with Crippen LogP contribution in [0.5, 0.6) is 0 Å². The molecule has 0 radical (unpaired) electrons. The molecule has 1 aliphatic rings. The highest BCUT2D eigenvalue weighted by molar-refractivity contribution is 5.92. The molecule has 3 N–H and O–H groups in total. The van der Waals surface area contributed by atoms with Gasteiger partial charge in [-0.25, -0.2) is 9.67 Å². The molecule has 2 aromatic heterocycles. The van der Waals surface area contributed by atoms with Gasteiger partial charge in [0.25, 0.3) is 5.91 Å². The summed E-state index contributed by atoms with van der Waals surface area (Å²) < 4.78 is 3.47. The van der Waals surface area contributed by atoms with Gasteiger partial charge in [0.1, 0.15) is 12.2 Å². The Hall–Kier alpha value is -2.29. The fourth-order valence-electron chi connectivity index (χ4n) is 3.26. The summed E-state index contributed by atoms with van der Waals surface area (Å²) in [7, 11) is 1.81. The molecule has 136 valence electrons. The van der Waals surface area contributed by atoms with Crippen molar-refractivity contribution in [1.29, 1.82) is 0 Å². The van der Waals surface area contributed by atoms with Crippen LogP contribution in [0.1, 0.15) is 67.9 Å². The van der Waals surface area contributed by atoms with Crippen molar-refractivity contribution in [2.75, 3.05) is 0 Å². The van der Waals surface area contributed by atoms with E-state index in [2.05, 4.69) is 25.7 Å². The zero-order chi connectivity index (χ0) is 18.0. The summed E-state index contributed by atoms with van der Waals surface area (Å²) in [6.45, 7) is 4.06. The van der Waals surface area contributed by atoms with Gasteiger partial charge in [-0.2, -0.15) is 5.10 Å². The maximum Gasteiger partial charge on any atom is 0.274 e. The molecule has 1 saturated carbocycles. The van der Waals surface area contributed by atoms with Gasteiger partial charge >= 0.3 is 0 Å². The lowest BCUT2D eigenvalue weighted by Crippen LogP contribution is -2.33. The fraction of sp³-hybridized carbons (Fsp3) is 0.688. The van der Waals surface area contributed by atoms with Gasteiger partial charge in [0.05, 0.1) is 18.3 Å². The first kappa shape index (κ1) is 17.5. The van der Waals surface area contributed by atoms with Gasteiger partial charge < -0.3 is 11.1 Å². The minimum Gasteiger partial charge on any atom is -0.340 e. The molecule has 1 atom stereocenters. The van der Waals surface area contributed by atoms with Crippen molar-refractivity contribution in [1.82, 2.24) is 35.1 Å². The highest BCUT2D eigenvalue weighted by Crippen LogP contribution is 2.27. The lowest BCUT2D eigenvalue weighted by molar-refractivity contribution is 0.0917. The van der Waals surface area contributed by atoms with E-state index in [9.17, 15) is 4.79 Å². The Morgan fingerprint density at radius 3 is 2.64 bits per heavy atom. The van der Waals surface area contributed by atoms with Crippen molar-refractivity contribution in [3.8, 4) is 0 Å². The third-order valence-corrected chi connectivity index (χ3v) is 4.84. The largest absolute Gasteiger partial charge is 0.340 e. The van der Waals surface area contributed by atoms with E-state index in [1.807, 2.05) is 20.9 Å². The molecule has 1 aliphatic carbocycles. The van der Waals surface area contributed by atoms with Crippen molar-refractivity contribution in [3.63, 3.8) is 0 Å². The lowest BCUT2D eigenvalue weighted by Gasteiger charge is -2.25. The summed E-state index contributed by atoms with van der Waals surface area (Å²) in [6.07, 6.45) is 7.12. The number of hydrogen-bond donors (Lipinski definition) is 2. The van der Waals surface area contributed by atoms with E-state index in [4.69, 9.17) is 5.73 Å².